The molecule has 0 atom stereocenters. The summed E-state index contributed by atoms with van der Waals surface area (Å²) in [5, 5.41) is 7.65. The van der Waals surface area contributed by atoms with Gasteiger partial charge in [0.1, 0.15) is 0 Å². The van der Waals surface area contributed by atoms with E-state index in [1.807, 2.05) is 28.9 Å². The lowest BCUT2D eigenvalue weighted by atomic mass is 9.95. The van der Waals surface area contributed by atoms with Crippen LogP contribution in [0.25, 0.3) is 5.69 Å². The quantitative estimate of drug-likeness (QED) is 0.600. The van der Waals surface area contributed by atoms with E-state index < -0.39 is 0 Å². The second-order valence-electron chi connectivity index (χ2n) is 6.90. The summed E-state index contributed by atoms with van der Waals surface area (Å²) in [4.78, 5) is 13.1. The zero-order valence-electron chi connectivity index (χ0n) is 16.4. The summed E-state index contributed by atoms with van der Waals surface area (Å²) in [7, 11) is 3.15. The van der Waals surface area contributed by atoms with Crippen LogP contribution in [0.15, 0.2) is 46.9 Å². The van der Waals surface area contributed by atoms with Crippen molar-refractivity contribution in [2.75, 3.05) is 19.5 Å². The molecule has 1 heterocycles. The summed E-state index contributed by atoms with van der Waals surface area (Å²) >= 11 is 3.52. The molecule has 0 saturated heterocycles. The maximum absolute atomic E-state index is 13.1. The van der Waals surface area contributed by atoms with Crippen LogP contribution in [0.5, 0.6) is 11.5 Å². The van der Waals surface area contributed by atoms with Crippen LogP contribution in [0.4, 0.5) is 5.69 Å². The minimum absolute atomic E-state index is 0.218. The van der Waals surface area contributed by atoms with Gasteiger partial charge in [-0.15, -0.1) is 0 Å². The van der Waals surface area contributed by atoms with Crippen LogP contribution in [-0.2, 0) is 12.8 Å². The standard InChI is InChI=1S/C22H22BrN3O3/c1-28-19-11-10-15(13-20(19)29-2)24-22(27)21-17-8-3-4-9-18(17)26(25-21)16-7-5-6-14(23)12-16/h5-7,10-13H,3-4,8-9H2,1-2H3,(H,24,27). The lowest BCUT2D eigenvalue weighted by molar-refractivity contribution is 0.102. The number of ether oxygens (including phenoxy) is 2. The van der Waals surface area contributed by atoms with Crippen molar-refractivity contribution in [3.8, 4) is 17.2 Å². The van der Waals surface area contributed by atoms with E-state index >= 15 is 0 Å². The van der Waals surface area contributed by atoms with E-state index in [-0.39, 0.29) is 5.91 Å². The van der Waals surface area contributed by atoms with Gasteiger partial charge < -0.3 is 14.8 Å². The average Bonchev–Trinajstić information content (AvgIpc) is 3.13. The third kappa shape index (κ3) is 3.87. The molecule has 6 nitrogen and oxygen atoms in total. The van der Waals surface area contributed by atoms with Crippen LogP contribution in [0, 0.1) is 0 Å². The molecule has 0 bridgehead atoms. The van der Waals surface area contributed by atoms with Crippen molar-refractivity contribution in [1.29, 1.82) is 0 Å². The number of aromatic nitrogens is 2. The first-order chi connectivity index (χ1) is 14.1. The van der Waals surface area contributed by atoms with Crippen molar-refractivity contribution in [3.05, 3.63) is 63.9 Å². The average molecular weight is 456 g/mol. The predicted molar refractivity (Wildman–Crippen MR) is 115 cm³/mol. The molecular weight excluding hydrogens is 434 g/mol. The topological polar surface area (TPSA) is 65.4 Å². The van der Waals surface area contributed by atoms with E-state index in [9.17, 15) is 4.79 Å². The molecule has 4 rings (SSSR count). The van der Waals surface area contributed by atoms with E-state index in [1.54, 1.807) is 32.4 Å². The Balaban J connectivity index is 1.69. The zero-order chi connectivity index (χ0) is 20.4. The first-order valence-electron chi connectivity index (χ1n) is 9.51. The van der Waals surface area contributed by atoms with Gasteiger partial charge in [0.05, 0.1) is 19.9 Å². The van der Waals surface area contributed by atoms with Crippen LogP contribution >= 0.6 is 15.9 Å². The van der Waals surface area contributed by atoms with Gasteiger partial charge in [-0.3, -0.25) is 4.79 Å². The van der Waals surface area contributed by atoms with Crippen LogP contribution in [0.3, 0.4) is 0 Å². The van der Waals surface area contributed by atoms with Gasteiger partial charge in [-0.2, -0.15) is 5.10 Å². The van der Waals surface area contributed by atoms with Crippen molar-refractivity contribution >= 4 is 27.5 Å². The highest BCUT2D eigenvalue weighted by Crippen LogP contribution is 2.31. The number of rotatable bonds is 5. The molecule has 150 valence electrons. The highest BCUT2D eigenvalue weighted by atomic mass is 79.9. The molecule has 2 aromatic carbocycles. The van der Waals surface area contributed by atoms with E-state index in [2.05, 4.69) is 21.2 Å². The number of carbonyl (C=O) groups is 1. The summed E-state index contributed by atoms with van der Waals surface area (Å²) in [6.45, 7) is 0. The Bertz CT molecular complexity index is 1060. The number of benzene rings is 2. The van der Waals surface area contributed by atoms with E-state index in [0.29, 0.717) is 22.9 Å². The smallest absolute Gasteiger partial charge is 0.276 e. The normalized spacial score (nSPS) is 12.9. The first-order valence-corrected chi connectivity index (χ1v) is 10.3. The van der Waals surface area contributed by atoms with Gasteiger partial charge >= 0.3 is 0 Å². The zero-order valence-corrected chi connectivity index (χ0v) is 18.0. The van der Waals surface area contributed by atoms with Gasteiger partial charge in [0.15, 0.2) is 17.2 Å². The third-order valence-electron chi connectivity index (χ3n) is 5.09. The Morgan fingerprint density at radius 2 is 1.86 bits per heavy atom. The molecular formula is C22H22BrN3O3. The molecule has 0 saturated carbocycles. The Kier molecular flexibility index (Phi) is 5.58. The Labute approximate surface area is 178 Å². The number of anilines is 1. The fraction of sp³-hybridized carbons (Fsp3) is 0.273. The summed E-state index contributed by atoms with van der Waals surface area (Å²) in [5.41, 5.74) is 4.22. The maximum atomic E-state index is 13.1. The van der Waals surface area contributed by atoms with Crippen LogP contribution < -0.4 is 14.8 Å². The lowest BCUT2D eigenvalue weighted by Gasteiger charge is -2.14. The molecule has 29 heavy (non-hydrogen) atoms. The summed E-state index contributed by atoms with van der Waals surface area (Å²) in [5.74, 6) is 0.956. The summed E-state index contributed by atoms with van der Waals surface area (Å²) in [6.07, 6.45) is 3.94. The van der Waals surface area contributed by atoms with Crippen molar-refractivity contribution in [2.45, 2.75) is 25.7 Å². The number of nitrogens with one attached hydrogen (secondary N) is 1. The van der Waals surface area contributed by atoms with E-state index in [4.69, 9.17) is 14.6 Å². The lowest BCUT2D eigenvalue weighted by Crippen LogP contribution is -2.15. The number of fused-ring (bicyclic) bond motifs is 1. The van der Waals surface area contributed by atoms with Crippen molar-refractivity contribution in [2.24, 2.45) is 0 Å². The SMILES string of the molecule is COc1ccc(NC(=O)c2nn(-c3cccc(Br)c3)c3c2CCCC3)cc1OC. The molecule has 1 aliphatic carbocycles. The van der Waals surface area contributed by atoms with Crippen molar-refractivity contribution < 1.29 is 14.3 Å². The Morgan fingerprint density at radius 1 is 1.07 bits per heavy atom. The molecule has 1 aliphatic rings. The van der Waals surface area contributed by atoms with Gasteiger partial charge in [-0.1, -0.05) is 22.0 Å². The minimum atomic E-state index is -0.218. The fourth-order valence-electron chi connectivity index (χ4n) is 3.71. The van der Waals surface area contributed by atoms with Crippen LogP contribution in [-0.4, -0.2) is 29.9 Å². The van der Waals surface area contributed by atoms with Crippen LogP contribution in [0.2, 0.25) is 0 Å². The largest absolute Gasteiger partial charge is 0.493 e. The van der Waals surface area contributed by atoms with Gasteiger partial charge in [0, 0.05) is 27.5 Å². The number of nitrogens with zero attached hydrogens (tertiary/aromatic N) is 2. The fourth-order valence-corrected chi connectivity index (χ4v) is 4.09. The maximum Gasteiger partial charge on any atom is 0.276 e. The number of hydrogen-bond donors (Lipinski definition) is 1. The number of methoxy groups -OCH3 is 2. The highest BCUT2D eigenvalue weighted by Gasteiger charge is 2.26. The number of amides is 1. The number of carbonyl (C=O) groups excluding carboxylic acids is 1. The van der Waals surface area contributed by atoms with Crippen molar-refractivity contribution in [3.63, 3.8) is 0 Å². The molecule has 1 aromatic heterocycles. The molecule has 0 aliphatic heterocycles. The molecule has 1 amide bonds. The van der Waals surface area contributed by atoms with E-state index in [1.165, 1.54) is 0 Å². The number of halogens is 1. The summed E-state index contributed by atoms with van der Waals surface area (Å²) < 4.78 is 13.5. The van der Waals surface area contributed by atoms with Gasteiger partial charge in [0.2, 0.25) is 0 Å². The predicted octanol–water partition coefficient (Wildman–Crippen LogP) is 4.78. The Hall–Kier alpha value is -2.80. The van der Waals surface area contributed by atoms with Crippen molar-refractivity contribution in [1.82, 2.24) is 9.78 Å². The number of hydrogen-bond acceptors (Lipinski definition) is 4. The van der Waals surface area contributed by atoms with Gasteiger partial charge in [0.25, 0.3) is 5.91 Å². The Morgan fingerprint density at radius 3 is 2.62 bits per heavy atom. The highest BCUT2D eigenvalue weighted by molar-refractivity contribution is 9.10. The second-order valence-corrected chi connectivity index (χ2v) is 7.81. The van der Waals surface area contributed by atoms with Gasteiger partial charge in [-0.05, 0) is 56.0 Å². The first kappa shape index (κ1) is 19.5. The third-order valence-corrected chi connectivity index (χ3v) is 5.58. The molecule has 7 heteroatoms. The van der Waals surface area contributed by atoms with E-state index in [0.717, 1.165) is 47.1 Å². The molecule has 0 unspecified atom stereocenters. The molecule has 0 spiro atoms. The molecule has 1 N–H and O–H groups in total. The monoisotopic (exact) mass is 455 g/mol. The minimum Gasteiger partial charge on any atom is -0.493 e. The summed E-state index contributed by atoms with van der Waals surface area (Å²) in [6, 6.07) is 13.3. The molecule has 0 fully saturated rings. The van der Waals surface area contributed by atoms with Gasteiger partial charge in [-0.25, -0.2) is 4.68 Å². The molecule has 3 aromatic rings. The molecule has 0 radical (unpaired) electrons. The van der Waals surface area contributed by atoms with Crippen LogP contribution in [0.1, 0.15) is 34.6 Å². The second kappa shape index (κ2) is 8.29.